The van der Waals surface area contributed by atoms with E-state index in [4.69, 9.17) is 4.74 Å². The Morgan fingerprint density at radius 1 is 1.32 bits per heavy atom. The summed E-state index contributed by atoms with van der Waals surface area (Å²) in [6, 6.07) is 10.1. The van der Waals surface area contributed by atoms with Crippen LogP contribution in [-0.2, 0) is 0 Å². The van der Waals surface area contributed by atoms with Gasteiger partial charge in [-0.15, -0.1) is 0 Å². The molecule has 116 valence electrons. The zero-order valence-electron chi connectivity index (χ0n) is 13.3. The van der Waals surface area contributed by atoms with Gasteiger partial charge in [-0.2, -0.15) is 0 Å². The van der Waals surface area contributed by atoms with Gasteiger partial charge >= 0.3 is 0 Å². The molecule has 1 aliphatic rings. The summed E-state index contributed by atoms with van der Waals surface area (Å²) in [4.78, 5) is 12.6. The lowest BCUT2D eigenvalue weighted by atomic mass is 10.2. The first-order valence-electron chi connectivity index (χ1n) is 7.83. The van der Waals surface area contributed by atoms with E-state index in [1.165, 1.54) is 12.8 Å². The summed E-state index contributed by atoms with van der Waals surface area (Å²) >= 11 is 0. The van der Waals surface area contributed by atoms with Gasteiger partial charge < -0.3 is 14.6 Å². The second-order valence-corrected chi connectivity index (χ2v) is 5.77. The van der Waals surface area contributed by atoms with Gasteiger partial charge in [-0.3, -0.25) is 4.79 Å². The lowest BCUT2D eigenvalue weighted by Gasteiger charge is -2.11. The molecule has 0 unspecified atom stereocenters. The van der Waals surface area contributed by atoms with E-state index in [1.54, 1.807) is 0 Å². The van der Waals surface area contributed by atoms with Gasteiger partial charge in [0.15, 0.2) is 0 Å². The van der Waals surface area contributed by atoms with Crippen LogP contribution in [0.1, 0.15) is 47.6 Å². The molecule has 0 spiro atoms. The standard InChI is InChI=1S/C18H22N2O2/c1-4-22-17-8-6-5-7-16(17)19-18(21)15-11-12(2)20(13(15)3)14-9-10-14/h5-8,11,14H,4,9-10H2,1-3H3,(H,19,21). The van der Waals surface area contributed by atoms with Crippen molar-refractivity contribution < 1.29 is 9.53 Å². The fourth-order valence-corrected chi connectivity index (χ4v) is 2.94. The van der Waals surface area contributed by atoms with E-state index < -0.39 is 0 Å². The summed E-state index contributed by atoms with van der Waals surface area (Å²) in [5, 5.41) is 2.98. The molecule has 3 rings (SSSR count). The third-order valence-corrected chi connectivity index (χ3v) is 4.08. The van der Waals surface area contributed by atoms with Crippen LogP contribution in [0.2, 0.25) is 0 Å². The van der Waals surface area contributed by atoms with Crippen LogP contribution in [0.3, 0.4) is 0 Å². The number of benzene rings is 1. The van der Waals surface area contributed by atoms with Crippen LogP contribution >= 0.6 is 0 Å². The predicted octanol–water partition coefficient (Wildman–Crippen LogP) is 4.09. The number of para-hydroxylation sites is 2. The number of ether oxygens (including phenoxy) is 1. The second kappa shape index (κ2) is 5.87. The molecule has 1 saturated carbocycles. The maximum atomic E-state index is 12.6. The third-order valence-electron chi connectivity index (χ3n) is 4.08. The minimum absolute atomic E-state index is 0.0767. The van der Waals surface area contributed by atoms with E-state index in [2.05, 4.69) is 16.8 Å². The van der Waals surface area contributed by atoms with Crippen molar-refractivity contribution >= 4 is 11.6 Å². The Kier molecular flexibility index (Phi) is 3.92. The SMILES string of the molecule is CCOc1ccccc1NC(=O)c1cc(C)n(C2CC2)c1C. The molecule has 2 aromatic rings. The topological polar surface area (TPSA) is 43.3 Å². The van der Waals surface area contributed by atoms with Crippen molar-refractivity contribution in [3.63, 3.8) is 0 Å². The molecule has 1 aromatic heterocycles. The smallest absolute Gasteiger partial charge is 0.257 e. The van der Waals surface area contributed by atoms with Gasteiger partial charge in [-0.1, -0.05) is 12.1 Å². The Balaban J connectivity index is 1.85. The number of carbonyl (C=O) groups is 1. The highest BCUT2D eigenvalue weighted by molar-refractivity contribution is 6.06. The van der Waals surface area contributed by atoms with Crippen molar-refractivity contribution in [1.82, 2.24) is 4.57 Å². The minimum atomic E-state index is -0.0767. The highest BCUT2D eigenvalue weighted by atomic mass is 16.5. The van der Waals surface area contributed by atoms with Gasteiger partial charge in [0.25, 0.3) is 5.91 Å². The fourth-order valence-electron chi connectivity index (χ4n) is 2.94. The molecule has 0 bridgehead atoms. The summed E-state index contributed by atoms with van der Waals surface area (Å²) < 4.78 is 7.84. The number of aryl methyl sites for hydroxylation is 1. The molecule has 1 amide bonds. The highest BCUT2D eigenvalue weighted by Crippen LogP contribution is 2.38. The molecule has 0 saturated heterocycles. The van der Waals surface area contributed by atoms with Crippen LogP contribution in [0.4, 0.5) is 5.69 Å². The Labute approximate surface area is 131 Å². The van der Waals surface area contributed by atoms with E-state index in [0.29, 0.717) is 24.1 Å². The van der Waals surface area contributed by atoms with Gasteiger partial charge in [0.05, 0.1) is 17.9 Å². The average Bonchev–Trinajstić information content (AvgIpc) is 3.27. The number of carbonyl (C=O) groups excluding carboxylic acids is 1. The minimum Gasteiger partial charge on any atom is -0.492 e. The molecule has 1 fully saturated rings. The van der Waals surface area contributed by atoms with Crippen molar-refractivity contribution in [2.24, 2.45) is 0 Å². The van der Waals surface area contributed by atoms with Crippen LogP contribution < -0.4 is 10.1 Å². The first-order valence-corrected chi connectivity index (χ1v) is 7.83. The number of anilines is 1. The van der Waals surface area contributed by atoms with Gasteiger partial charge in [0.2, 0.25) is 0 Å². The number of hydrogen-bond donors (Lipinski definition) is 1. The molecule has 0 atom stereocenters. The quantitative estimate of drug-likeness (QED) is 0.903. The van der Waals surface area contributed by atoms with E-state index in [-0.39, 0.29) is 5.91 Å². The van der Waals surface area contributed by atoms with Crippen LogP contribution in [0.25, 0.3) is 0 Å². The molecule has 1 aromatic carbocycles. The molecule has 4 nitrogen and oxygen atoms in total. The van der Waals surface area contributed by atoms with E-state index >= 15 is 0 Å². The van der Waals surface area contributed by atoms with Gasteiger partial charge in [-0.05, 0) is 51.8 Å². The van der Waals surface area contributed by atoms with Crippen molar-refractivity contribution in [2.75, 3.05) is 11.9 Å². The number of aromatic nitrogens is 1. The van der Waals surface area contributed by atoms with Crippen LogP contribution in [0, 0.1) is 13.8 Å². The maximum Gasteiger partial charge on any atom is 0.257 e. The monoisotopic (exact) mass is 298 g/mol. The number of rotatable bonds is 5. The predicted molar refractivity (Wildman–Crippen MR) is 87.7 cm³/mol. The molecule has 0 aliphatic heterocycles. The molecule has 22 heavy (non-hydrogen) atoms. The average molecular weight is 298 g/mol. The molecule has 0 radical (unpaired) electrons. The first-order chi connectivity index (χ1) is 10.6. The zero-order valence-corrected chi connectivity index (χ0v) is 13.3. The Bertz CT molecular complexity index is 699. The van der Waals surface area contributed by atoms with Crippen LogP contribution in [-0.4, -0.2) is 17.1 Å². The van der Waals surface area contributed by atoms with Gasteiger partial charge in [-0.25, -0.2) is 0 Å². The largest absolute Gasteiger partial charge is 0.492 e. The number of hydrogen-bond acceptors (Lipinski definition) is 2. The molecule has 4 heteroatoms. The third kappa shape index (κ3) is 2.73. The molecule has 1 aliphatic carbocycles. The van der Waals surface area contributed by atoms with E-state index in [0.717, 1.165) is 17.0 Å². The maximum absolute atomic E-state index is 12.6. The van der Waals surface area contributed by atoms with E-state index in [9.17, 15) is 4.79 Å². The van der Waals surface area contributed by atoms with Crippen molar-refractivity contribution in [1.29, 1.82) is 0 Å². The second-order valence-electron chi connectivity index (χ2n) is 5.77. The fraction of sp³-hybridized carbons (Fsp3) is 0.389. The van der Waals surface area contributed by atoms with Crippen molar-refractivity contribution in [3.8, 4) is 5.75 Å². The van der Waals surface area contributed by atoms with Gasteiger partial charge in [0.1, 0.15) is 5.75 Å². The van der Waals surface area contributed by atoms with Crippen molar-refractivity contribution in [2.45, 2.75) is 39.7 Å². The summed E-state index contributed by atoms with van der Waals surface area (Å²) in [5.74, 6) is 0.626. The molecule has 1 N–H and O–H groups in total. The summed E-state index contributed by atoms with van der Waals surface area (Å²) in [6.07, 6.45) is 2.43. The van der Waals surface area contributed by atoms with Crippen LogP contribution in [0.15, 0.2) is 30.3 Å². The number of nitrogens with one attached hydrogen (secondary N) is 1. The molecule has 1 heterocycles. The number of nitrogens with zero attached hydrogens (tertiary/aromatic N) is 1. The van der Waals surface area contributed by atoms with E-state index in [1.807, 2.05) is 44.2 Å². The molecular weight excluding hydrogens is 276 g/mol. The Morgan fingerprint density at radius 2 is 2.05 bits per heavy atom. The Morgan fingerprint density at radius 3 is 2.73 bits per heavy atom. The lowest BCUT2D eigenvalue weighted by molar-refractivity contribution is 0.102. The van der Waals surface area contributed by atoms with Gasteiger partial charge in [0, 0.05) is 17.4 Å². The van der Waals surface area contributed by atoms with Crippen molar-refractivity contribution in [3.05, 3.63) is 47.3 Å². The zero-order chi connectivity index (χ0) is 15.7. The molecular formula is C18H22N2O2. The summed E-state index contributed by atoms with van der Waals surface area (Å²) in [7, 11) is 0. The summed E-state index contributed by atoms with van der Waals surface area (Å²) in [6.45, 7) is 6.59. The first kappa shape index (κ1) is 14.7. The highest BCUT2D eigenvalue weighted by Gasteiger charge is 2.28. The summed E-state index contributed by atoms with van der Waals surface area (Å²) in [5.41, 5.74) is 3.66. The Hall–Kier alpha value is -2.23. The van der Waals surface area contributed by atoms with Crippen LogP contribution in [0.5, 0.6) is 5.75 Å². The lowest BCUT2D eigenvalue weighted by Crippen LogP contribution is -2.14. The number of amides is 1. The normalized spacial score (nSPS) is 14.0.